The molecule has 5 nitrogen and oxygen atoms in total. The summed E-state index contributed by atoms with van der Waals surface area (Å²) in [4.78, 5) is 24.1. The molecule has 22 heavy (non-hydrogen) atoms. The van der Waals surface area contributed by atoms with Gasteiger partial charge in [-0.2, -0.15) is 0 Å². The Morgan fingerprint density at radius 1 is 1.14 bits per heavy atom. The molecule has 1 aromatic carbocycles. The lowest BCUT2D eigenvalue weighted by Gasteiger charge is -2.11. The van der Waals surface area contributed by atoms with E-state index in [1.54, 1.807) is 0 Å². The van der Waals surface area contributed by atoms with Crippen molar-refractivity contribution in [3.05, 3.63) is 58.8 Å². The van der Waals surface area contributed by atoms with Gasteiger partial charge >= 0.3 is 0 Å². The van der Waals surface area contributed by atoms with E-state index in [9.17, 15) is 4.79 Å². The second kappa shape index (κ2) is 5.60. The molecule has 2 heterocycles. The monoisotopic (exact) mass is 294 g/mol. The Balaban J connectivity index is 1.77. The van der Waals surface area contributed by atoms with E-state index in [1.165, 1.54) is 0 Å². The molecule has 2 N–H and O–H groups in total. The number of amides is 1. The number of aromatic nitrogens is 3. The molecule has 0 bridgehead atoms. The van der Waals surface area contributed by atoms with Crippen LogP contribution in [0.15, 0.2) is 30.5 Å². The smallest absolute Gasteiger partial charge is 0.251 e. The summed E-state index contributed by atoms with van der Waals surface area (Å²) in [7, 11) is 0. The van der Waals surface area contributed by atoms with Crippen molar-refractivity contribution >= 4 is 16.8 Å². The first-order chi connectivity index (χ1) is 10.5. The number of aryl methyl sites for hydroxylation is 3. The van der Waals surface area contributed by atoms with Crippen molar-refractivity contribution in [1.82, 2.24) is 20.3 Å². The minimum absolute atomic E-state index is 0.101. The van der Waals surface area contributed by atoms with Crippen molar-refractivity contribution in [1.29, 1.82) is 0 Å². The third kappa shape index (κ3) is 2.70. The number of benzene rings is 1. The summed E-state index contributed by atoms with van der Waals surface area (Å²) in [5, 5.41) is 4.03. The standard InChI is InChI=1S/C17H18N4O/c1-10-15(11(2)21-12(3)20-10)9-19-17(22)14-5-4-13-6-7-18-16(13)8-14/h4-8,18H,9H2,1-3H3,(H,19,22). The number of nitrogens with one attached hydrogen (secondary N) is 2. The van der Waals surface area contributed by atoms with Gasteiger partial charge < -0.3 is 10.3 Å². The van der Waals surface area contributed by atoms with Crippen LogP contribution in [0.5, 0.6) is 0 Å². The van der Waals surface area contributed by atoms with Gasteiger partial charge in [0, 0.05) is 40.8 Å². The zero-order chi connectivity index (χ0) is 15.7. The van der Waals surface area contributed by atoms with E-state index < -0.39 is 0 Å². The maximum absolute atomic E-state index is 12.3. The maximum Gasteiger partial charge on any atom is 0.251 e. The van der Waals surface area contributed by atoms with Crippen LogP contribution in [0.2, 0.25) is 0 Å². The van der Waals surface area contributed by atoms with E-state index in [2.05, 4.69) is 20.3 Å². The number of aromatic amines is 1. The molecule has 0 saturated carbocycles. The van der Waals surface area contributed by atoms with E-state index in [0.29, 0.717) is 12.1 Å². The summed E-state index contributed by atoms with van der Waals surface area (Å²) in [5.41, 5.74) is 4.38. The third-order valence-corrected chi connectivity index (χ3v) is 3.78. The fraction of sp³-hybridized carbons (Fsp3) is 0.235. The third-order valence-electron chi connectivity index (χ3n) is 3.78. The van der Waals surface area contributed by atoms with Gasteiger partial charge in [-0.05, 0) is 44.4 Å². The fourth-order valence-corrected chi connectivity index (χ4v) is 2.62. The van der Waals surface area contributed by atoms with Crippen molar-refractivity contribution in [2.45, 2.75) is 27.3 Å². The molecule has 0 radical (unpaired) electrons. The van der Waals surface area contributed by atoms with Gasteiger partial charge in [0.05, 0.1) is 0 Å². The van der Waals surface area contributed by atoms with E-state index in [4.69, 9.17) is 0 Å². The first-order valence-corrected chi connectivity index (χ1v) is 7.20. The number of carbonyl (C=O) groups is 1. The summed E-state index contributed by atoms with van der Waals surface area (Å²) in [6.45, 7) is 6.18. The first-order valence-electron chi connectivity index (χ1n) is 7.20. The van der Waals surface area contributed by atoms with Crippen LogP contribution in [0.25, 0.3) is 10.9 Å². The Bertz CT molecular complexity index is 828. The van der Waals surface area contributed by atoms with Crippen LogP contribution in [0.3, 0.4) is 0 Å². The molecule has 0 atom stereocenters. The maximum atomic E-state index is 12.3. The van der Waals surface area contributed by atoms with Crippen LogP contribution < -0.4 is 5.32 Å². The second-order valence-electron chi connectivity index (χ2n) is 5.38. The summed E-state index contributed by atoms with van der Waals surface area (Å²) in [6, 6.07) is 7.60. The van der Waals surface area contributed by atoms with Gasteiger partial charge in [0.2, 0.25) is 0 Å². The lowest BCUT2D eigenvalue weighted by Crippen LogP contribution is -2.24. The Kier molecular flexibility index (Phi) is 3.63. The van der Waals surface area contributed by atoms with Gasteiger partial charge in [-0.25, -0.2) is 9.97 Å². The molecular formula is C17H18N4O. The van der Waals surface area contributed by atoms with E-state index in [-0.39, 0.29) is 5.91 Å². The molecule has 0 aliphatic rings. The van der Waals surface area contributed by atoms with Crippen LogP contribution >= 0.6 is 0 Å². The largest absolute Gasteiger partial charge is 0.361 e. The van der Waals surface area contributed by atoms with Crippen LogP contribution in [-0.2, 0) is 6.54 Å². The number of hydrogen-bond acceptors (Lipinski definition) is 3. The number of rotatable bonds is 3. The van der Waals surface area contributed by atoms with Crippen molar-refractivity contribution in [2.24, 2.45) is 0 Å². The second-order valence-corrected chi connectivity index (χ2v) is 5.38. The lowest BCUT2D eigenvalue weighted by molar-refractivity contribution is 0.0951. The molecular weight excluding hydrogens is 276 g/mol. The van der Waals surface area contributed by atoms with E-state index >= 15 is 0 Å². The Morgan fingerprint density at radius 2 is 1.86 bits per heavy atom. The van der Waals surface area contributed by atoms with Gasteiger partial charge in [0.25, 0.3) is 5.91 Å². The quantitative estimate of drug-likeness (QED) is 0.780. The lowest BCUT2D eigenvalue weighted by atomic mass is 10.1. The van der Waals surface area contributed by atoms with Gasteiger partial charge in [0.15, 0.2) is 0 Å². The molecule has 0 fully saturated rings. The van der Waals surface area contributed by atoms with Crippen LogP contribution in [0.4, 0.5) is 0 Å². The molecule has 3 rings (SSSR count). The van der Waals surface area contributed by atoms with Gasteiger partial charge in [-0.15, -0.1) is 0 Å². The molecule has 5 heteroatoms. The molecule has 3 aromatic rings. The summed E-state index contributed by atoms with van der Waals surface area (Å²) >= 11 is 0. The Hall–Kier alpha value is -2.69. The molecule has 0 aliphatic carbocycles. The van der Waals surface area contributed by atoms with Crippen molar-refractivity contribution < 1.29 is 4.79 Å². The van der Waals surface area contributed by atoms with Gasteiger partial charge in [-0.1, -0.05) is 6.07 Å². The zero-order valence-electron chi connectivity index (χ0n) is 12.9. The first kappa shape index (κ1) is 14.3. The SMILES string of the molecule is Cc1nc(C)c(CNC(=O)c2ccc3cc[nH]c3c2)c(C)n1. The van der Waals surface area contributed by atoms with Crippen LogP contribution in [0.1, 0.15) is 33.1 Å². The minimum atomic E-state index is -0.101. The van der Waals surface area contributed by atoms with E-state index in [0.717, 1.165) is 33.7 Å². The summed E-state index contributed by atoms with van der Waals surface area (Å²) in [6.07, 6.45) is 1.86. The topological polar surface area (TPSA) is 70.7 Å². The molecule has 0 aliphatic heterocycles. The molecule has 2 aromatic heterocycles. The Morgan fingerprint density at radius 3 is 2.59 bits per heavy atom. The zero-order valence-corrected chi connectivity index (χ0v) is 12.9. The minimum Gasteiger partial charge on any atom is -0.361 e. The van der Waals surface area contributed by atoms with Gasteiger partial charge in [0.1, 0.15) is 5.82 Å². The number of nitrogens with zero attached hydrogens (tertiary/aromatic N) is 2. The van der Waals surface area contributed by atoms with Gasteiger partial charge in [-0.3, -0.25) is 4.79 Å². The normalized spacial score (nSPS) is 10.9. The van der Waals surface area contributed by atoms with E-state index in [1.807, 2.05) is 51.2 Å². The molecule has 0 unspecified atom stereocenters. The van der Waals surface area contributed by atoms with Crippen LogP contribution in [0, 0.1) is 20.8 Å². The van der Waals surface area contributed by atoms with Crippen molar-refractivity contribution in [3.8, 4) is 0 Å². The number of carbonyl (C=O) groups excluding carboxylic acids is 1. The predicted octanol–water partition coefficient (Wildman–Crippen LogP) is 2.81. The average Bonchev–Trinajstić information content (AvgIpc) is 2.93. The summed E-state index contributed by atoms with van der Waals surface area (Å²) < 4.78 is 0. The van der Waals surface area contributed by atoms with Crippen LogP contribution in [-0.4, -0.2) is 20.9 Å². The molecule has 112 valence electrons. The highest BCUT2D eigenvalue weighted by Crippen LogP contribution is 2.15. The number of hydrogen-bond donors (Lipinski definition) is 2. The summed E-state index contributed by atoms with van der Waals surface area (Å²) in [5.74, 6) is 0.651. The fourth-order valence-electron chi connectivity index (χ4n) is 2.62. The average molecular weight is 294 g/mol. The molecule has 0 spiro atoms. The highest BCUT2D eigenvalue weighted by molar-refractivity contribution is 5.97. The van der Waals surface area contributed by atoms with Crippen molar-refractivity contribution in [2.75, 3.05) is 0 Å². The van der Waals surface area contributed by atoms with Crippen molar-refractivity contribution in [3.63, 3.8) is 0 Å². The highest BCUT2D eigenvalue weighted by Gasteiger charge is 2.10. The highest BCUT2D eigenvalue weighted by atomic mass is 16.1. The number of fused-ring (bicyclic) bond motifs is 1. The molecule has 1 amide bonds. The predicted molar refractivity (Wildman–Crippen MR) is 85.7 cm³/mol. The molecule has 0 saturated heterocycles. The Labute approximate surface area is 128 Å². The number of H-pyrrole nitrogens is 1.